The molecule has 1 aliphatic heterocycles. The van der Waals surface area contributed by atoms with Gasteiger partial charge < -0.3 is 10.2 Å². The lowest BCUT2D eigenvalue weighted by Crippen LogP contribution is -2.36. The van der Waals surface area contributed by atoms with E-state index in [2.05, 4.69) is 15.6 Å². The molecule has 2 heterocycles. The molecule has 3 amide bonds. The fraction of sp³-hybridized carbons (Fsp3) is 0.476. The summed E-state index contributed by atoms with van der Waals surface area (Å²) in [4.78, 5) is 31.1. The van der Waals surface area contributed by atoms with Gasteiger partial charge in [0.2, 0.25) is 0 Å². The summed E-state index contributed by atoms with van der Waals surface area (Å²) in [5.41, 5.74) is -3.14. The number of nitrogens with one attached hydrogen (secondary N) is 2. The molecule has 2 N–H and O–H groups in total. The summed E-state index contributed by atoms with van der Waals surface area (Å²) in [6.07, 6.45) is -5.90. The van der Waals surface area contributed by atoms with Gasteiger partial charge in [0, 0.05) is 29.4 Å². The van der Waals surface area contributed by atoms with E-state index < -0.39 is 41.0 Å². The van der Waals surface area contributed by atoms with Crippen molar-refractivity contribution in [2.45, 2.75) is 57.0 Å². The zero-order valence-electron chi connectivity index (χ0n) is 17.6. The normalized spacial score (nSPS) is 16.9. The number of hydrogen-bond acceptors (Lipinski definition) is 4. The molecule has 1 aromatic carbocycles. The average molecular weight is 506 g/mol. The Balaban J connectivity index is 1.49. The first kappa shape index (κ1) is 24.3. The number of carbonyl (C=O) groups excluding carboxylic acids is 2. The summed E-state index contributed by atoms with van der Waals surface area (Å²) in [5, 5.41) is 5.83. The molecule has 1 aliphatic carbocycles. The van der Waals surface area contributed by atoms with Crippen molar-refractivity contribution in [3.63, 3.8) is 0 Å². The highest BCUT2D eigenvalue weighted by atomic mass is 32.1. The van der Waals surface area contributed by atoms with Gasteiger partial charge in [0.05, 0.1) is 23.4 Å². The van der Waals surface area contributed by atoms with Crippen molar-refractivity contribution in [1.82, 2.24) is 15.2 Å². The van der Waals surface area contributed by atoms with Crippen molar-refractivity contribution in [3.05, 3.63) is 45.5 Å². The first-order valence-electron chi connectivity index (χ1n) is 10.5. The number of nitrogens with zero attached hydrogens (tertiary/aromatic N) is 2. The Morgan fingerprint density at radius 2 is 1.62 bits per heavy atom. The number of aromatic nitrogens is 1. The van der Waals surface area contributed by atoms with Gasteiger partial charge in [-0.05, 0) is 31.0 Å². The van der Waals surface area contributed by atoms with Gasteiger partial charge in [-0.25, -0.2) is 9.78 Å². The largest absolute Gasteiger partial charge is 0.416 e. The Bertz CT molecular complexity index is 1060. The molecule has 0 radical (unpaired) electrons. The van der Waals surface area contributed by atoms with E-state index in [1.54, 1.807) is 0 Å². The Morgan fingerprint density at radius 1 is 1.00 bits per heavy atom. The topological polar surface area (TPSA) is 74.3 Å². The molecule has 1 aromatic heterocycles. The van der Waals surface area contributed by atoms with Crippen LogP contribution in [0.25, 0.3) is 0 Å². The third-order valence-corrected chi connectivity index (χ3v) is 6.76. The molecule has 4 rings (SSSR count). The maximum absolute atomic E-state index is 13.1. The molecule has 0 spiro atoms. The Kier molecular flexibility index (Phi) is 6.49. The van der Waals surface area contributed by atoms with Crippen LogP contribution in [-0.2, 0) is 25.3 Å². The van der Waals surface area contributed by atoms with E-state index in [4.69, 9.17) is 0 Å². The second-order valence-corrected chi connectivity index (χ2v) is 9.32. The van der Waals surface area contributed by atoms with Gasteiger partial charge in [-0.3, -0.25) is 10.1 Å². The molecule has 0 unspecified atom stereocenters. The van der Waals surface area contributed by atoms with E-state index in [0.29, 0.717) is 27.8 Å². The highest BCUT2D eigenvalue weighted by molar-refractivity contribution is 7.15. The van der Waals surface area contributed by atoms with Gasteiger partial charge in [-0.1, -0.05) is 24.2 Å². The van der Waals surface area contributed by atoms with Gasteiger partial charge in [0.1, 0.15) is 0 Å². The molecule has 13 heteroatoms. The SMILES string of the molecule is O=C(Nc1nc2c(s1)CN(C(=O)c1cc(C(F)(F)F)cc(C(F)(F)F)c1)CC2)NC1CCCC1. The lowest BCUT2D eigenvalue weighted by atomic mass is 10.0. The summed E-state index contributed by atoms with van der Waals surface area (Å²) in [5.74, 6) is -0.941. The van der Waals surface area contributed by atoms with Crippen molar-refractivity contribution in [2.75, 3.05) is 11.9 Å². The van der Waals surface area contributed by atoms with Crippen LogP contribution in [0.15, 0.2) is 18.2 Å². The molecule has 184 valence electrons. The number of fused-ring (bicyclic) bond motifs is 1. The summed E-state index contributed by atoms with van der Waals surface area (Å²) >= 11 is 1.12. The number of amides is 3. The number of benzene rings is 1. The number of halogens is 6. The number of urea groups is 1. The highest BCUT2D eigenvalue weighted by Crippen LogP contribution is 2.37. The minimum atomic E-state index is -5.04. The summed E-state index contributed by atoms with van der Waals surface area (Å²) in [7, 11) is 0. The zero-order chi connectivity index (χ0) is 24.7. The van der Waals surface area contributed by atoms with Crippen LogP contribution in [0.1, 0.15) is 57.7 Å². The Morgan fingerprint density at radius 3 is 2.21 bits per heavy atom. The zero-order valence-corrected chi connectivity index (χ0v) is 18.5. The molecule has 34 heavy (non-hydrogen) atoms. The van der Waals surface area contributed by atoms with Crippen molar-refractivity contribution in [2.24, 2.45) is 0 Å². The van der Waals surface area contributed by atoms with Gasteiger partial charge in [-0.2, -0.15) is 26.3 Å². The van der Waals surface area contributed by atoms with Gasteiger partial charge >= 0.3 is 18.4 Å². The molecule has 0 atom stereocenters. The van der Waals surface area contributed by atoms with E-state index in [-0.39, 0.29) is 31.6 Å². The monoisotopic (exact) mass is 506 g/mol. The molecular formula is C21H20F6N4O2S. The van der Waals surface area contributed by atoms with Crippen LogP contribution in [0.2, 0.25) is 0 Å². The summed E-state index contributed by atoms with van der Waals surface area (Å²) in [6.45, 7) is 0.0379. The molecule has 0 bridgehead atoms. The quantitative estimate of drug-likeness (QED) is 0.545. The van der Waals surface area contributed by atoms with Crippen LogP contribution in [0, 0.1) is 0 Å². The Hall–Kier alpha value is -2.83. The van der Waals surface area contributed by atoms with Crippen LogP contribution >= 0.6 is 11.3 Å². The van der Waals surface area contributed by atoms with Gasteiger partial charge in [0.15, 0.2) is 5.13 Å². The molecule has 1 fully saturated rings. The van der Waals surface area contributed by atoms with Crippen molar-refractivity contribution < 1.29 is 35.9 Å². The fourth-order valence-electron chi connectivity index (χ4n) is 4.07. The molecule has 1 saturated carbocycles. The molecule has 2 aromatic rings. The molecule has 6 nitrogen and oxygen atoms in total. The summed E-state index contributed by atoms with van der Waals surface area (Å²) < 4.78 is 78.8. The van der Waals surface area contributed by atoms with E-state index in [1.807, 2.05) is 0 Å². The number of anilines is 1. The average Bonchev–Trinajstić information content (AvgIpc) is 3.40. The summed E-state index contributed by atoms with van der Waals surface area (Å²) in [6, 6.07) is 0.564. The van der Waals surface area contributed by atoms with Crippen LogP contribution < -0.4 is 10.6 Å². The third kappa shape index (κ3) is 5.45. The molecular weight excluding hydrogens is 486 g/mol. The lowest BCUT2D eigenvalue weighted by Gasteiger charge is -2.26. The second kappa shape index (κ2) is 9.08. The number of rotatable bonds is 3. The number of alkyl halides is 6. The van der Waals surface area contributed by atoms with Crippen LogP contribution in [-0.4, -0.2) is 34.4 Å². The van der Waals surface area contributed by atoms with E-state index in [1.165, 1.54) is 4.90 Å². The minimum absolute atomic E-state index is 0.0111. The maximum atomic E-state index is 13.1. The molecule has 0 saturated heterocycles. The van der Waals surface area contributed by atoms with E-state index in [0.717, 1.165) is 37.0 Å². The van der Waals surface area contributed by atoms with Crippen molar-refractivity contribution in [3.8, 4) is 0 Å². The number of carbonyl (C=O) groups is 2. The predicted molar refractivity (Wildman–Crippen MR) is 111 cm³/mol. The smallest absolute Gasteiger partial charge is 0.335 e. The number of thiazole rings is 1. The second-order valence-electron chi connectivity index (χ2n) is 8.24. The first-order chi connectivity index (χ1) is 15.9. The van der Waals surface area contributed by atoms with Crippen molar-refractivity contribution >= 4 is 28.4 Å². The Labute approximate surface area is 194 Å². The standard InChI is InChI=1S/C21H20F6N4O2S/c22-20(23,24)12-7-11(8-13(9-12)21(25,26)27)17(32)31-6-5-15-16(10-31)34-19(29-15)30-18(33)28-14-3-1-2-4-14/h7-9,14H,1-6,10H2,(H2,28,29,30,33). The third-order valence-electron chi connectivity index (χ3n) is 5.76. The fourth-order valence-corrected chi connectivity index (χ4v) is 5.09. The minimum Gasteiger partial charge on any atom is -0.335 e. The van der Waals surface area contributed by atoms with Gasteiger partial charge in [0.25, 0.3) is 5.91 Å². The highest BCUT2D eigenvalue weighted by Gasteiger charge is 2.38. The van der Waals surface area contributed by atoms with E-state index in [9.17, 15) is 35.9 Å². The lowest BCUT2D eigenvalue weighted by molar-refractivity contribution is -0.143. The number of hydrogen-bond donors (Lipinski definition) is 2. The predicted octanol–water partition coefficient (Wildman–Crippen LogP) is 5.44. The first-order valence-corrected chi connectivity index (χ1v) is 11.4. The van der Waals surface area contributed by atoms with Crippen LogP contribution in [0.5, 0.6) is 0 Å². The van der Waals surface area contributed by atoms with Crippen LogP contribution in [0.4, 0.5) is 36.3 Å². The van der Waals surface area contributed by atoms with E-state index >= 15 is 0 Å². The van der Waals surface area contributed by atoms with Gasteiger partial charge in [-0.15, -0.1) is 0 Å². The maximum Gasteiger partial charge on any atom is 0.416 e. The molecule has 2 aliphatic rings. The van der Waals surface area contributed by atoms with Crippen molar-refractivity contribution in [1.29, 1.82) is 0 Å². The van der Waals surface area contributed by atoms with Crippen LogP contribution in [0.3, 0.4) is 0 Å².